The van der Waals surface area contributed by atoms with Crippen molar-refractivity contribution in [1.82, 2.24) is 30.2 Å². The predicted molar refractivity (Wildman–Crippen MR) is 176 cm³/mol. The number of carbonyl (C=O) groups excluding carboxylic acids is 1. The summed E-state index contributed by atoms with van der Waals surface area (Å²) in [6, 6.07) is 19.5. The minimum absolute atomic E-state index is 0.139. The number of benzene rings is 2. The van der Waals surface area contributed by atoms with Crippen LogP contribution >= 0.6 is 0 Å². The van der Waals surface area contributed by atoms with Crippen LogP contribution in [0.5, 0.6) is 0 Å². The van der Waals surface area contributed by atoms with Crippen LogP contribution in [0, 0.1) is 5.82 Å². The molecule has 0 aliphatic rings. The Morgan fingerprint density at radius 1 is 1.00 bits per heavy atom. The zero-order chi connectivity index (χ0) is 31.6. The van der Waals surface area contributed by atoms with Crippen LogP contribution in [0.25, 0.3) is 22.2 Å². The molecule has 1 unspecified atom stereocenters. The summed E-state index contributed by atoms with van der Waals surface area (Å²) in [5, 5.41) is 14.4. The first-order valence-electron chi connectivity index (χ1n) is 15.1. The van der Waals surface area contributed by atoms with Crippen LogP contribution in [0.4, 0.5) is 21.8 Å². The molecule has 1 atom stereocenters. The van der Waals surface area contributed by atoms with Gasteiger partial charge in [-0.1, -0.05) is 49.4 Å². The van der Waals surface area contributed by atoms with Crippen LogP contribution in [0.1, 0.15) is 37.4 Å². The lowest BCUT2D eigenvalue weighted by molar-refractivity contribution is -0.141. The van der Waals surface area contributed by atoms with Crippen molar-refractivity contribution in [1.29, 1.82) is 0 Å². The van der Waals surface area contributed by atoms with Crippen molar-refractivity contribution in [3.8, 4) is 11.3 Å². The van der Waals surface area contributed by atoms with Gasteiger partial charge >= 0.3 is 5.97 Å². The second kappa shape index (κ2) is 15.2. The minimum Gasteiger partial charge on any atom is -0.469 e. The molecule has 3 heterocycles. The molecule has 0 aliphatic heterocycles. The number of pyridine rings is 1. The zero-order valence-electron chi connectivity index (χ0n) is 25.8. The van der Waals surface area contributed by atoms with E-state index in [1.165, 1.54) is 7.11 Å². The number of ether oxygens (including phenoxy) is 1. The molecule has 3 aromatic heterocycles. The van der Waals surface area contributed by atoms with Gasteiger partial charge in [-0.15, -0.1) is 0 Å². The lowest BCUT2D eigenvalue weighted by Gasteiger charge is -2.15. The monoisotopic (exact) mass is 610 g/mol. The lowest BCUT2D eigenvalue weighted by Crippen LogP contribution is -2.27. The first-order chi connectivity index (χ1) is 21.9. The second-order valence-electron chi connectivity index (χ2n) is 10.7. The van der Waals surface area contributed by atoms with Crippen molar-refractivity contribution in [2.45, 2.75) is 39.4 Å². The maximum atomic E-state index is 15.1. The van der Waals surface area contributed by atoms with E-state index in [9.17, 15) is 4.79 Å². The maximum absolute atomic E-state index is 15.1. The molecule has 5 rings (SSSR count). The van der Waals surface area contributed by atoms with E-state index >= 15 is 4.39 Å². The van der Waals surface area contributed by atoms with E-state index in [4.69, 9.17) is 4.74 Å². The van der Waals surface area contributed by atoms with Gasteiger partial charge in [-0.2, -0.15) is 0 Å². The summed E-state index contributed by atoms with van der Waals surface area (Å²) in [7, 11) is 1.38. The van der Waals surface area contributed by atoms with E-state index in [1.807, 2.05) is 72.4 Å². The molecule has 0 radical (unpaired) electrons. The van der Waals surface area contributed by atoms with Crippen LogP contribution in [0.15, 0.2) is 79.3 Å². The molecule has 4 N–H and O–H groups in total. The Labute approximate surface area is 262 Å². The molecule has 0 saturated carbocycles. The smallest absolute Gasteiger partial charge is 0.307 e. The number of rotatable bonds is 15. The van der Waals surface area contributed by atoms with Crippen LogP contribution in [-0.2, 0) is 22.6 Å². The molecule has 0 bridgehead atoms. The summed E-state index contributed by atoms with van der Waals surface area (Å²) in [6.45, 7) is 7.97. The summed E-state index contributed by atoms with van der Waals surface area (Å²) in [5.74, 6) is -0.0871. The van der Waals surface area contributed by atoms with Gasteiger partial charge in [-0.25, -0.2) is 19.3 Å². The summed E-state index contributed by atoms with van der Waals surface area (Å²) in [4.78, 5) is 25.2. The van der Waals surface area contributed by atoms with E-state index in [0.29, 0.717) is 24.5 Å². The number of nitrogens with zero attached hydrogens (tertiary/aromatic N) is 4. The van der Waals surface area contributed by atoms with E-state index < -0.39 is 5.82 Å². The van der Waals surface area contributed by atoms with Gasteiger partial charge in [0.05, 0.1) is 19.7 Å². The topological polar surface area (TPSA) is 118 Å². The highest BCUT2D eigenvalue weighted by atomic mass is 19.1. The number of halogens is 1. The number of hydrogen-bond donors (Lipinski definition) is 4. The van der Waals surface area contributed by atoms with Crippen LogP contribution in [-0.4, -0.2) is 52.2 Å². The Morgan fingerprint density at radius 3 is 2.62 bits per heavy atom. The molecule has 0 saturated heterocycles. The first kappa shape index (κ1) is 31.6. The SMILES string of the molecule is CCNCCNCc1cnc(Nc2ncc(F)c(-c3ccc4ccn(C(C)CC(=O)OC)c4c3)n2)cc1NCc1ccccc1. The number of methoxy groups -OCH3 is 1. The summed E-state index contributed by atoms with van der Waals surface area (Å²) in [6.07, 6.45) is 5.12. The van der Waals surface area contributed by atoms with Gasteiger partial charge in [0.15, 0.2) is 5.82 Å². The third kappa shape index (κ3) is 8.20. The summed E-state index contributed by atoms with van der Waals surface area (Å²) >= 11 is 0. The maximum Gasteiger partial charge on any atom is 0.307 e. The molecule has 5 aromatic rings. The highest BCUT2D eigenvalue weighted by Crippen LogP contribution is 2.29. The normalized spacial score (nSPS) is 11.8. The van der Waals surface area contributed by atoms with Crippen LogP contribution in [0.3, 0.4) is 0 Å². The molecule has 0 fully saturated rings. The first-order valence-corrected chi connectivity index (χ1v) is 15.1. The fourth-order valence-electron chi connectivity index (χ4n) is 5.08. The molecule has 2 aromatic carbocycles. The number of nitrogens with one attached hydrogen (secondary N) is 4. The number of carbonyl (C=O) groups is 1. The second-order valence-corrected chi connectivity index (χ2v) is 10.7. The third-order valence-electron chi connectivity index (χ3n) is 7.50. The molecular weight excluding hydrogens is 571 g/mol. The Bertz CT molecular complexity index is 1730. The standard InChI is InChI=1S/C34H39FN8O2/c1-4-36-13-14-37-20-27-21-39-31(18-29(27)38-19-24-8-6-5-7-9-24)41-34-40-22-28(35)33(42-34)26-11-10-25-12-15-43(30(25)17-26)23(2)16-32(44)45-3/h5-12,15,17-18,21-23,36-37H,4,13-14,16,19-20H2,1-3H3,(H2,38,39,40,41,42). The molecule has 0 aliphatic carbocycles. The van der Waals surface area contributed by atoms with Gasteiger partial charge in [0.2, 0.25) is 5.95 Å². The lowest BCUT2D eigenvalue weighted by atomic mass is 10.1. The third-order valence-corrected chi connectivity index (χ3v) is 7.50. The van der Waals surface area contributed by atoms with Crippen LogP contribution < -0.4 is 21.3 Å². The largest absolute Gasteiger partial charge is 0.469 e. The molecular formula is C34H39FN8O2. The highest BCUT2D eigenvalue weighted by Gasteiger charge is 2.16. The number of fused-ring (bicyclic) bond motifs is 1. The van der Waals surface area contributed by atoms with Gasteiger partial charge < -0.3 is 30.6 Å². The van der Waals surface area contributed by atoms with Gasteiger partial charge in [0.25, 0.3) is 0 Å². The van der Waals surface area contributed by atoms with E-state index in [0.717, 1.165) is 53.5 Å². The minimum atomic E-state index is -0.544. The number of esters is 1. The number of aromatic nitrogens is 4. The molecule has 45 heavy (non-hydrogen) atoms. The quantitative estimate of drug-likeness (QED) is 0.0860. The van der Waals surface area contributed by atoms with Crippen molar-refractivity contribution in [3.05, 3.63) is 96.2 Å². The van der Waals surface area contributed by atoms with Crippen molar-refractivity contribution in [2.75, 3.05) is 37.4 Å². The van der Waals surface area contributed by atoms with Crippen molar-refractivity contribution >= 4 is 34.3 Å². The van der Waals surface area contributed by atoms with Gasteiger partial charge in [0.1, 0.15) is 11.5 Å². The summed E-state index contributed by atoms with van der Waals surface area (Å²) in [5.41, 5.74) is 4.71. The molecule has 0 amide bonds. The fraction of sp³-hybridized carbons (Fsp3) is 0.294. The summed E-state index contributed by atoms with van der Waals surface area (Å²) < 4.78 is 21.9. The van der Waals surface area contributed by atoms with Gasteiger partial charge in [0, 0.05) is 73.0 Å². The van der Waals surface area contributed by atoms with E-state index in [2.05, 4.69) is 55.3 Å². The number of likely N-dealkylation sites (N-methyl/N-ethyl adjacent to an activating group) is 1. The number of anilines is 3. The van der Waals surface area contributed by atoms with Crippen LogP contribution in [0.2, 0.25) is 0 Å². The van der Waals surface area contributed by atoms with Gasteiger partial charge in [-0.3, -0.25) is 4.79 Å². The van der Waals surface area contributed by atoms with E-state index in [-0.39, 0.29) is 30.1 Å². The van der Waals surface area contributed by atoms with Gasteiger partial charge in [-0.05, 0) is 36.6 Å². The van der Waals surface area contributed by atoms with Crippen molar-refractivity contribution in [2.24, 2.45) is 0 Å². The predicted octanol–water partition coefficient (Wildman–Crippen LogP) is 5.81. The Kier molecular flexibility index (Phi) is 10.7. The van der Waals surface area contributed by atoms with Crippen molar-refractivity contribution < 1.29 is 13.9 Å². The fourth-order valence-corrected chi connectivity index (χ4v) is 5.08. The molecule has 11 heteroatoms. The Balaban J connectivity index is 1.38. The van der Waals surface area contributed by atoms with Crippen molar-refractivity contribution in [3.63, 3.8) is 0 Å². The van der Waals surface area contributed by atoms with E-state index in [1.54, 1.807) is 0 Å². The zero-order valence-corrected chi connectivity index (χ0v) is 25.8. The average Bonchev–Trinajstić information content (AvgIpc) is 3.49. The number of hydrogen-bond acceptors (Lipinski definition) is 9. The Hall–Kier alpha value is -4.87. The molecule has 10 nitrogen and oxygen atoms in total. The molecule has 234 valence electrons. The Morgan fingerprint density at radius 2 is 1.82 bits per heavy atom. The molecule has 0 spiro atoms. The highest BCUT2D eigenvalue weighted by molar-refractivity contribution is 5.85. The average molecular weight is 611 g/mol.